The van der Waals surface area contributed by atoms with Gasteiger partial charge in [0.25, 0.3) is 17.7 Å². The number of hydrogen-bond acceptors (Lipinski definition) is 15. The van der Waals surface area contributed by atoms with Gasteiger partial charge in [0.2, 0.25) is 29.7 Å². The van der Waals surface area contributed by atoms with Crippen molar-refractivity contribution >= 4 is 76.7 Å². The summed E-state index contributed by atoms with van der Waals surface area (Å²) in [5.74, 6) is -3.64. The van der Waals surface area contributed by atoms with Gasteiger partial charge in [0.1, 0.15) is 23.6 Å². The number of imide groups is 1. The van der Waals surface area contributed by atoms with Crippen molar-refractivity contribution < 1.29 is 62.5 Å². The van der Waals surface area contributed by atoms with Crippen LogP contribution in [0.1, 0.15) is 93.7 Å². The monoisotopic (exact) mass is 1100 g/mol. The number of urea groups is 1. The maximum absolute atomic E-state index is 14.2. The minimum absolute atomic E-state index is 0.0433. The molecule has 10 amide bonds. The van der Waals surface area contributed by atoms with Gasteiger partial charge >= 0.3 is 18.3 Å². The first-order valence-corrected chi connectivity index (χ1v) is 26.9. The molecule has 1 aromatic heterocycles. The molecule has 5 unspecified atom stereocenters. The highest BCUT2D eigenvalue weighted by atomic mass is 32.1. The van der Waals surface area contributed by atoms with Gasteiger partial charge in [0.05, 0.1) is 28.7 Å². The molecule has 2 aromatic carbocycles. The fourth-order valence-electron chi connectivity index (χ4n) is 9.69. The van der Waals surface area contributed by atoms with E-state index in [0.717, 1.165) is 31.5 Å². The molecule has 4 aliphatic rings. The Labute approximate surface area is 454 Å². The molecular formula is C53H67N11O13S. The molecule has 3 fully saturated rings. The number of piperazine rings is 1. The number of likely N-dealkylation sites (N-methyl/N-ethyl adjacent to an activating group) is 1. The standard InChI is InChI=1S/C53H67N11O13S/c1-32(34-10-12-36(13-11-34)44-33(2)57-31-78-44)58-46(68)40-29-38(30-64(40)51(73)74)76-52(75)77-43(47(69)62-27-25-61(3)26-28-62)35-14-16-37(17-15-35)59-45(67)39(9-7-23-56-50(54)72)60-49(71)53(20-8-21-53)48(70)55-22-5-4-6-24-63-41(65)18-19-42(63)66/h10-19,31-32,38-40,43H,4-9,20-30H2,1-3H3,(H,55,70)(H,58,68)(H,59,67)(H,60,71)(H,73,74)(H3,54,56,72). The van der Waals surface area contributed by atoms with Gasteiger partial charge < -0.3 is 56.7 Å². The Kier molecular flexibility index (Phi) is 19.6. The van der Waals surface area contributed by atoms with E-state index < -0.39 is 83.6 Å². The lowest BCUT2D eigenvalue weighted by atomic mass is 9.67. The summed E-state index contributed by atoms with van der Waals surface area (Å²) >= 11 is 1.52. The zero-order chi connectivity index (χ0) is 56.1. The lowest BCUT2D eigenvalue weighted by molar-refractivity contribution is -0.151. The second kappa shape index (κ2) is 26.4. The number of amides is 10. The summed E-state index contributed by atoms with van der Waals surface area (Å²) in [6.07, 6.45) is 0.0169. The van der Waals surface area contributed by atoms with Crippen molar-refractivity contribution in [3.63, 3.8) is 0 Å². The zero-order valence-electron chi connectivity index (χ0n) is 43.8. The van der Waals surface area contributed by atoms with Crippen LogP contribution in [0.25, 0.3) is 10.4 Å². The van der Waals surface area contributed by atoms with Gasteiger partial charge in [-0.1, -0.05) is 42.8 Å². The first-order chi connectivity index (χ1) is 37.3. The third-order valence-corrected chi connectivity index (χ3v) is 15.5. The molecule has 24 nitrogen and oxygen atoms in total. The number of thiazole rings is 1. The number of ether oxygens (including phenoxy) is 2. The van der Waals surface area contributed by atoms with Crippen LogP contribution in [0.2, 0.25) is 0 Å². The molecule has 25 heteroatoms. The number of anilines is 1. The van der Waals surface area contributed by atoms with E-state index in [4.69, 9.17) is 15.2 Å². The van der Waals surface area contributed by atoms with Crippen LogP contribution >= 0.6 is 11.3 Å². The molecule has 7 rings (SSSR count). The number of carbonyl (C=O) groups is 10. The van der Waals surface area contributed by atoms with Crippen LogP contribution in [-0.2, 0) is 43.0 Å². The molecule has 1 saturated carbocycles. The molecule has 8 N–H and O–H groups in total. The average Bonchev–Trinajstić information content (AvgIpc) is 4.15. The summed E-state index contributed by atoms with van der Waals surface area (Å²) in [4.78, 5) is 141. The van der Waals surface area contributed by atoms with Crippen LogP contribution < -0.4 is 32.3 Å². The van der Waals surface area contributed by atoms with E-state index >= 15 is 0 Å². The summed E-state index contributed by atoms with van der Waals surface area (Å²) in [7, 11) is 1.91. The summed E-state index contributed by atoms with van der Waals surface area (Å²) in [6.45, 7) is 5.72. The molecule has 3 aliphatic heterocycles. The van der Waals surface area contributed by atoms with Crippen molar-refractivity contribution in [2.45, 2.75) is 102 Å². The predicted molar refractivity (Wildman–Crippen MR) is 283 cm³/mol. The molecule has 78 heavy (non-hydrogen) atoms. The topological polar surface area (TPSA) is 321 Å². The normalized spacial score (nSPS) is 19.0. The van der Waals surface area contributed by atoms with E-state index in [1.54, 1.807) is 17.3 Å². The third kappa shape index (κ3) is 14.5. The smallest absolute Gasteiger partial charge is 0.465 e. The molecule has 0 bridgehead atoms. The molecule has 1 aliphatic carbocycles. The first-order valence-electron chi connectivity index (χ1n) is 26.1. The summed E-state index contributed by atoms with van der Waals surface area (Å²) in [5.41, 5.74) is 8.69. The van der Waals surface area contributed by atoms with Crippen molar-refractivity contribution in [3.8, 4) is 10.4 Å². The largest absolute Gasteiger partial charge is 0.509 e. The minimum atomic E-state index is -1.53. The second-order valence-electron chi connectivity index (χ2n) is 19.9. The van der Waals surface area contributed by atoms with Crippen LogP contribution in [0.3, 0.4) is 0 Å². The number of likely N-dealkylation sites (tertiary alicyclic amines) is 1. The molecule has 5 atom stereocenters. The Bertz CT molecular complexity index is 2720. The Hall–Kier alpha value is -7.93. The van der Waals surface area contributed by atoms with Gasteiger partial charge in [0.15, 0.2) is 0 Å². The molecule has 418 valence electrons. The van der Waals surface area contributed by atoms with Crippen LogP contribution in [-0.4, -0.2) is 167 Å². The predicted octanol–water partition coefficient (Wildman–Crippen LogP) is 3.34. The van der Waals surface area contributed by atoms with Crippen molar-refractivity contribution in [2.75, 3.05) is 64.7 Å². The highest BCUT2D eigenvalue weighted by Gasteiger charge is 2.51. The maximum Gasteiger partial charge on any atom is 0.509 e. The number of carbonyl (C=O) groups excluding carboxylic acids is 9. The van der Waals surface area contributed by atoms with Crippen LogP contribution in [0, 0.1) is 12.3 Å². The SMILES string of the molecule is Cc1ncsc1-c1ccc(C(C)NC(=O)C2CC(OC(=O)OC(C(=O)N3CCN(C)CC3)c3ccc(NC(=O)C(CCCNC(N)=O)NC(=O)C4(C(=O)NCCCCCN5C(=O)C=CC5=O)CCC4)cc3)CN2C(=O)O)cc1. The second-order valence-corrected chi connectivity index (χ2v) is 20.8. The molecule has 3 aromatic rings. The van der Waals surface area contributed by atoms with Gasteiger partial charge in [-0.3, -0.25) is 43.4 Å². The quantitative estimate of drug-likeness (QED) is 0.0310. The number of primary amides is 1. The summed E-state index contributed by atoms with van der Waals surface area (Å²) in [6, 6.07) is 9.84. The Balaban J connectivity index is 0.970. The number of nitrogens with two attached hydrogens (primary N) is 1. The van der Waals surface area contributed by atoms with Crippen molar-refractivity contribution in [1.82, 2.24) is 45.9 Å². The molecular weight excluding hydrogens is 1030 g/mol. The van der Waals surface area contributed by atoms with Crippen molar-refractivity contribution in [1.29, 1.82) is 0 Å². The van der Waals surface area contributed by atoms with Gasteiger partial charge in [-0.25, -0.2) is 19.4 Å². The average molecular weight is 1100 g/mol. The minimum Gasteiger partial charge on any atom is -0.465 e. The maximum atomic E-state index is 14.2. The highest BCUT2D eigenvalue weighted by molar-refractivity contribution is 7.13. The lowest BCUT2D eigenvalue weighted by Crippen LogP contribution is -2.58. The highest BCUT2D eigenvalue weighted by Crippen LogP contribution is 2.42. The number of hydrogen-bond donors (Lipinski definition) is 7. The number of aromatic nitrogens is 1. The first kappa shape index (κ1) is 57.8. The number of nitrogens with zero attached hydrogens (tertiary/aromatic N) is 5. The Morgan fingerprint density at radius 3 is 2.13 bits per heavy atom. The van der Waals surface area contributed by atoms with Crippen molar-refractivity contribution in [2.24, 2.45) is 11.1 Å². The number of nitrogens with one attached hydrogen (secondary N) is 5. The Morgan fingerprint density at radius 2 is 1.51 bits per heavy atom. The van der Waals surface area contributed by atoms with Crippen LogP contribution in [0.4, 0.5) is 20.1 Å². The third-order valence-electron chi connectivity index (χ3n) is 14.5. The van der Waals surface area contributed by atoms with E-state index in [0.29, 0.717) is 51.9 Å². The Morgan fingerprint density at radius 1 is 0.846 bits per heavy atom. The number of rotatable bonds is 23. The van der Waals surface area contributed by atoms with Crippen LogP contribution in [0.5, 0.6) is 0 Å². The fourth-order valence-corrected chi connectivity index (χ4v) is 10.5. The van der Waals surface area contributed by atoms with Crippen LogP contribution in [0.15, 0.2) is 66.2 Å². The van der Waals surface area contributed by atoms with Gasteiger partial charge in [-0.05, 0) is 89.1 Å². The number of aryl methyl sites for hydroxylation is 1. The summed E-state index contributed by atoms with van der Waals surface area (Å²) in [5, 5.41) is 23.8. The van der Waals surface area contributed by atoms with Gasteiger partial charge in [0, 0.05) is 75.6 Å². The van der Waals surface area contributed by atoms with E-state index in [-0.39, 0.29) is 81.3 Å². The molecule has 2 saturated heterocycles. The molecule has 0 spiro atoms. The van der Waals surface area contributed by atoms with Gasteiger partial charge in [-0.2, -0.15) is 0 Å². The molecule has 4 heterocycles. The molecule has 0 radical (unpaired) electrons. The van der Waals surface area contributed by atoms with Gasteiger partial charge in [-0.15, -0.1) is 11.3 Å². The van der Waals surface area contributed by atoms with E-state index in [9.17, 15) is 53.1 Å². The lowest BCUT2D eigenvalue weighted by Gasteiger charge is -2.39. The van der Waals surface area contributed by atoms with E-state index in [1.165, 1.54) is 47.8 Å². The zero-order valence-corrected chi connectivity index (χ0v) is 44.6. The number of benzene rings is 2. The number of carboxylic acid groups (broad SMARTS) is 1. The number of unbranched alkanes of at least 4 members (excludes halogenated alkanes) is 2. The van der Waals surface area contributed by atoms with E-state index in [2.05, 4.69) is 31.6 Å². The van der Waals surface area contributed by atoms with E-state index in [1.807, 2.05) is 43.1 Å². The summed E-state index contributed by atoms with van der Waals surface area (Å²) < 4.78 is 11.4. The fraction of sp³-hybridized carbons (Fsp3) is 0.491. The van der Waals surface area contributed by atoms with Crippen molar-refractivity contribution in [3.05, 3.63) is 83.0 Å².